The van der Waals surface area contributed by atoms with Crippen molar-refractivity contribution in [3.63, 3.8) is 0 Å². The van der Waals surface area contributed by atoms with E-state index in [-0.39, 0.29) is 0 Å². The van der Waals surface area contributed by atoms with E-state index in [4.69, 9.17) is 15.3 Å². The molecule has 0 bridgehead atoms. The molecule has 1 heterocycles. The topological polar surface area (TPSA) is 87.0 Å². The first-order chi connectivity index (χ1) is 5.04. The third kappa shape index (κ3) is 1.35. The Bertz CT molecular complexity index is 166. The lowest BCUT2D eigenvalue weighted by Crippen LogP contribution is -2.37. The second kappa shape index (κ2) is 2.77. The summed E-state index contributed by atoms with van der Waals surface area (Å²) in [5.74, 6) is -0.886. The maximum Gasteiger partial charge on any atom is 0.338 e. The third-order valence-corrected chi connectivity index (χ3v) is 1.63. The molecule has 1 aliphatic heterocycles. The first-order valence-electron chi connectivity index (χ1n) is 3.28. The summed E-state index contributed by atoms with van der Waals surface area (Å²) in [5.41, 5.74) is 0. The molecule has 1 aliphatic rings. The molecule has 0 aliphatic carbocycles. The van der Waals surface area contributed by atoms with Crippen molar-refractivity contribution < 1.29 is 24.9 Å². The maximum atomic E-state index is 10.6. The van der Waals surface area contributed by atoms with E-state index in [1.165, 1.54) is 6.92 Å². The predicted octanol–water partition coefficient (Wildman–Crippen LogP) is -1.99. The van der Waals surface area contributed by atoms with Crippen LogP contribution in [0.5, 0.6) is 0 Å². The van der Waals surface area contributed by atoms with Crippen molar-refractivity contribution in [2.24, 2.45) is 0 Å². The van der Waals surface area contributed by atoms with E-state index < -0.39 is 30.4 Å². The Morgan fingerprint density at radius 3 is 2.27 bits per heavy atom. The second-order valence-corrected chi connectivity index (χ2v) is 2.58. The number of esters is 1. The van der Waals surface area contributed by atoms with Crippen molar-refractivity contribution in [1.82, 2.24) is 0 Å². The largest absolute Gasteiger partial charge is 0.455 e. The highest BCUT2D eigenvalue weighted by Gasteiger charge is 2.44. The Labute approximate surface area is 63.2 Å². The van der Waals surface area contributed by atoms with Crippen LogP contribution in [-0.2, 0) is 9.53 Å². The Morgan fingerprint density at radius 1 is 1.55 bits per heavy atom. The van der Waals surface area contributed by atoms with Crippen LogP contribution >= 0.6 is 0 Å². The lowest BCUT2D eigenvalue weighted by molar-refractivity contribution is -0.150. The number of carbonyl (C=O) groups is 1. The highest BCUT2D eigenvalue weighted by molar-refractivity contribution is 5.77. The van der Waals surface area contributed by atoms with Crippen LogP contribution in [-0.4, -0.2) is 45.7 Å². The van der Waals surface area contributed by atoms with Crippen LogP contribution < -0.4 is 0 Å². The number of hydrogen-bond acceptors (Lipinski definition) is 5. The zero-order chi connectivity index (χ0) is 8.59. The minimum atomic E-state index is -1.52. The maximum absolute atomic E-state index is 10.6. The van der Waals surface area contributed by atoms with Crippen LogP contribution in [0.25, 0.3) is 0 Å². The molecule has 0 aromatic heterocycles. The summed E-state index contributed by atoms with van der Waals surface area (Å²) in [6, 6.07) is 0. The van der Waals surface area contributed by atoms with Crippen LogP contribution in [0, 0.1) is 0 Å². The Morgan fingerprint density at radius 2 is 2.09 bits per heavy atom. The average Bonchev–Trinajstić information content (AvgIpc) is 2.17. The number of cyclic esters (lactones) is 1. The van der Waals surface area contributed by atoms with Gasteiger partial charge in [-0.15, -0.1) is 0 Å². The van der Waals surface area contributed by atoms with Crippen molar-refractivity contribution in [2.45, 2.75) is 31.3 Å². The van der Waals surface area contributed by atoms with Gasteiger partial charge in [0.05, 0.1) is 6.10 Å². The van der Waals surface area contributed by atoms with Gasteiger partial charge in [0.2, 0.25) is 0 Å². The second-order valence-electron chi connectivity index (χ2n) is 2.58. The van der Waals surface area contributed by atoms with Crippen molar-refractivity contribution >= 4 is 5.97 Å². The molecule has 0 amide bonds. The van der Waals surface area contributed by atoms with Crippen LogP contribution in [0.1, 0.15) is 6.92 Å². The molecule has 0 radical (unpaired) electrons. The van der Waals surface area contributed by atoms with Crippen molar-refractivity contribution in [1.29, 1.82) is 0 Å². The molecule has 11 heavy (non-hydrogen) atoms. The monoisotopic (exact) mass is 162 g/mol. The van der Waals surface area contributed by atoms with E-state index in [1.807, 2.05) is 0 Å². The summed E-state index contributed by atoms with van der Waals surface area (Å²) in [6.45, 7) is 1.37. The van der Waals surface area contributed by atoms with Gasteiger partial charge < -0.3 is 20.1 Å². The number of carbonyl (C=O) groups excluding carboxylic acids is 1. The summed E-state index contributed by atoms with van der Waals surface area (Å²) >= 11 is 0. The summed E-state index contributed by atoms with van der Waals surface area (Å²) in [5, 5.41) is 26.8. The molecule has 1 fully saturated rings. The molecule has 5 heteroatoms. The molecule has 4 atom stereocenters. The van der Waals surface area contributed by atoms with Crippen LogP contribution in [0.2, 0.25) is 0 Å². The van der Waals surface area contributed by atoms with Gasteiger partial charge >= 0.3 is 5.97 Å². The van der Waals surface area contributed by atoms with Gasteiger partial charge in [-0.2, -0.15) is 0 Å². The van der Waals surface area contributed by atoms with Crippen LogP contribution in [0.15, 0.2) is 0 Å². The molecule has 64 valence electrons. The smallest absolute Gasteiger partial charge is 0.338 e. The quantitative estimate of drug-likeness (QED) is 0.389. The Kier molecular flexibility index (Phi) is 2.12. The van der Waals surface area contributed by atoms with Crippen molar-refractivity contribution in [2.75, 3.05) is 0 Å². The van der Waals surface area contributed by atoms with Gasteiger partial charge in [0.1, 0.15) is 6.10 Å². The lowest BCUT2D eigenvalue weighted by Gasteiger charge is -2.15. The molecule has 1 rings (SSSR count). The summed E-state index contributed by atoms with van der Waals surface area (Å²) in [7, 11) is 0. The Hall–Kier alpha value is -0.650. The molecule has 1 saturated heterocycles. The molecule has 0 aromatic carbocycles. The fourth-order valence-corrected chi connectivity index (χ4v) is 0.976. The van der Waals surface area contributed by atoms with Gasteiger partial charge in [0.15, 0.2) is 12.2 Å². The van der Waals surface area contributed by atoms with Crippen molar-refractivity contribution in [3.8, 4) is 0 Å². The van der Waals surface area contributed by atoms with E-state index in [0.29, 0.717) is 0 Å². The molecular weight excluding hydrogens is 152 g/mol. The van der Waals surface area contributed by atoms with Gasteiger partial charge in [-0.25, -0.2) is 4.79 Å². The standard InChI is InChI=1S/C6H10O5/c1-2(7)5-3(8)4(9)6(10)11-5/h2-5,7-9H,1H3/t2-,3-,4-,5-/m0/s1. The molecular formula is C6H10O5. The first-order valence-corrected chi connectivity index (χ1v) is 3.28. The lowest BCUT2D eigenvalue weighted by atomic mass is 10.1. The summed E-state index contributed by atoms with van der Waals surface area (Å²) < 4.78 is 4.46. The summed E-state index contributed by atoms with van der Waals surface area (Å²) in [4.78, 5) is 10.6. The minimum Gasteiger partial charge on any atom is -0.455 e. The molecule has 5 nitrogen and oxygen atoms in total. The van der Waals surface area contributed by atoms with E-state index in [9.17, 15) is 4.79 Å². The zero-order valence-electron chi connectivity index (χ0n) is 5.97. The highest BCUT2D eigenvalue weighted by Crippen LogP contribution is 2.18. The summed E-state index contributed by atoms with van der Waals surface area (Å²) in [6.07, 6.45) is -4.80. The fraction of sp³-hybridized carbons (Fsp3) is 0.833. The molecule has 3 N–H and O–H groups in total. The van der Waals surface area contributed by atoms with Crippen molar-refractivity contribution in [3.05, 3.63) is 0 Å². The number of aliphatic hydroxyl groups excluding tert-OH is 3. The van der Waals surface area contributed by atoms with E-state index >= 15 is 0 Å². The first kappa shape index (κ1) is 8.45. The molecule has 0 saturated carbocycles. The highest BCUT2D eigenvalue weighted by atomic mass is 16.6. The van der Waals surface area contributed by atoms with Gasteiger partial charge in [-0.1, -0.05) is 0 Å². The molecule has 0 spiro atoms. The van der Waals surface area contributed by atoms with Gasteiger partial charge in [0, 0.05) is 0 Å². The van der Waals surface area contributed by atoms with E-state index in [0.717, 1.165) is 0 Å². The van der Waals surface area contributed by atoms with Gasteiger partial charge in [-0.3, -0.25) is 0 Å². The Balaban J connectivity index is 2.67. The average molecular weight is 162 g/mol. The van der Waals surface area contributed by atoms with Gasteiger partial charge in [-0.05, 0) is 6.92 Å². The number of hydrogen-bond donors (Lipinski definition) is 3. The minimum absolute atomic E-state index is 0.886. The number of aliphatic hydroxyl groups is 3. The normalized spacial score (nSPS) is 40.4. The fourth-order valence-electron chi connectivity index (χ4n) is 0.976. The predicted molar refractivity (Wildman–Crippen MR) is 33.6 cm³/mol. The SMILES string of the molecule is C[C@H](O)[C@@H]1OC(=O)[C@@H](O)[C@@H]1O. The molecule has 0 aromatic rings. The number of ether oxygens (including phenoxy) is 1. The van der Waals surface area contributed by atoms with Crippen LogP contribution in [0.4, 0.5) is 0 Å². The third-order valence-electron chi connectivity index (χ3n) is 1.63. The number of rotatable bonds is 1. The van der Waals surface area contributed by atoms with Gasteiger partial charge in [0.25, 0.3) is 0 Å². The van der Waals surface area contributed by atoms with Crippen LogP contribution in [0.3, 0.4) is 0 Å². The van der Waals surface area contributed by atoms with E-state index in [2.05, 4.69) is 4.74 Å². The molecule has 0 unspecified atom stereocenters. The van der Waals surface area contributed by atoms with E-state index in [1.54, 1.807) is 0 Å². The zero-order valence-corrected chi connectivity index (χ0v) is 5.97.